The Labute approximate surface area is 110 Å². The van der Waals surface area contributed by atoms with E-state index in [9.17, 15) is 0 Å². The molecule has 2 rings (SSSR count). The molecule has 18 heavy (non-hydrogen) atoms. The monoisotopic (exact) mass is 245 g/mol. The van der Waals surface area contributed by atoms with Crippen molar-refractivity contribution in [1.29, 1.82) is 0 Å². The van der Waals surface area contributed by atoms with E-state index in [1.807, 2.05) is 0 Å². The highest BCUT2D eigenvalue weighted by Crippen LogP contribution is 2.28. The standard InChI is InChI=1S/C15H23N3/c1-4-9-16-14-10-13(12-7-5-6-8-12)17-15(18-14)11(2)3/h7,10-11H,4-6,8-9H2,1-3H3,(H,16,17,18). The molecule has 0 fully saturated rings. The van der Waals surface area contributed by atoms with E-state index in [1.165, 1.54) is 18.4 Å². The molecule has 0 saturated carbocycles. The van der Waals surface area contributed by atoms with Crippen LogP contribution in [0.25, 0.3) is 5.57 Å². The van der Waals surface area contributed by atoms with E-state index in [0.29, 0.717) is 5.92 Å². The third-order valence-electron chi connectivity index (χ3n) is 3.19. The lowest BCUT2D eigenvalue weighted by Crippen LogP contribution is -2.08. The maximum atomic E-state index is 4.70. The molecule has 1 aromatic heterocycles. The van der Waals surface area contributed by atoms with Crippen LogP contribution < -0.4 is 5.32 Å². The van der Waals surface area contributed by atoms with Gasteiger partial charge in [0.2, 0.25) is 0 Å². The van der Waals surface area contributed by atoms with Gasteiger partial charge in [-0.15, -0.1) is 0 Å². The summed E-state index contributed by atoms with van der Waals surface area (Å²) in [6, 6.07) is 2.10. The maximum absolute atomic E-state index is 4.70. The van der Waals surface area contributed by atoms with Crippen molar-refractivity contribution >= 4 is 11.4 Å². The summed E-state index contributed by atoms with van der Waals surface area (Å²) in [7, 11) is 0. The largest absolute Gasteiger partial charge is 0.370 e. The quantitative estimate of drug-likeness (QED) is 0.852. The van der Waals surface area contributed by atoms with Gasteiger partial charge in [0, 0.05) is 18.5 Å². The molecular formula is C15H23N3. The molecule has 1 aromatic rings. The number of hydrogen-bond acceptors (Lipinski definition) is 3. The molecule has 0 spiro atoms. The molecule has 1 heterocycles. The molecule has 0 saturated heterocycles. The summed E-state index contributed by atoms with van der Waals surface area (Å²) in [5.74, 6) is 2.28. The summed E-state index contributed by atoms with van der Waals surface area (Å²) < 4.78 is 0. The molecule has 1 aliphatic carbocycles. The van der Waals surface area contributed by atoms with E-state index in [-0.39, 0.29) is 0 Å². The molecule has 0 atom stereocenters. The van der Waals surface area contributed by atoms with Crippen LogP contribution in [-0.4, -0.2) is 16.5 Å². The van der Waals surface area contributed by atoms with E-state index < -0.39 is 0 Å². The molecule has 0 aliphatic heterocycles. The minimum atomic E-state index is 0.370. The summed E-state index contributed by atoms with van der Waals surface area (Å²) >= 11 is 0. The van der Waals surface area contributed by atoms with E-state index in [4.69, 9.17) is 4.98 Å². The van der Waals surface area contributed by atoms with Crippen molar-refractivity contribution in [3.8, 4) is 0 Å². The van der Waals surface area contributed by atoms with Gasteiger partial charge in [-0.3, -0.25) is 0 Å². The average Bonchev–Trinajstić information content (AvgIpc) is 2.89. The van der Waals surface area contributed by atoms with Gasteiger partial charge in [0.1, 0.15) is 11.6 Å². The van der Waals surface area contributed by atoms with Crippen LogP contribution in [0.15, 0.2) is 12.1 Å². The van der Waals surface area contributed by atoms with Gasteiger partial charge in [-0.1, -0.05) is 26.8 Å². The van der Waals surface area contributed by atoms with Crippen LogP contribution in [0.3, 0.4) is 0 Å². The summed E-state index contributed by atoms with van der Waals surface area (Å²) in [5.41, 5.74) is 2.50. The van der Waals surface area contributed by atoms with Crippen molar-refractivity contribution in [2.45, 2.75) is 52.4 Å². The number of nitrogens with zero attached hydrogens (tertiary/aromatic N) is 2. The molecule has 3 nitrogen and oxygen atoms in total. The van der Waals surface area contributed by atoms with Crippen LogP contribution in [0, 0.1) is 0 Å². The number of aromatic nitrogens is 2. The second kappa shape index (κ2) is 5.98. The fourth-order valence-corrected chi connectivity index (χ4v) is 2.14. The average molecular weight is 245 g/mol. The van der Waals surface area contributed by atoms with Crippen LogP contribution in [-0.2, 0) is 0 Å². The first-order chi connectivity index (χ1) is 8.70. The van der Waals surface area contributed by atoms with E-state index in [1.54, 1.807) is 0 Å². The van der Waals surface area contributed by atoms with E-state index in [0.717, 1.165) is 36.7 Å². The zero-order valence-corrected chi connectivity index (χ0v) is 11.7. The van der Waals surface area contributed by atoms with Gasteiger partial charge in [0.15, 0.2) is 0 Å². The number of hydrogen-bond donors (Lipinski definition) is 1. The van der Waals surface area contributed by atoms with Crippen molar-refractivity contribution in [3.63, 3.8) is 0 Å². The fourth-order valence-electron chi connectivity index (χ4n) is 2.14. The zero-order valence-electron chi connectivity index (χ0n) is 11.7. The topological polar surface area (TPSA) is 37.8 Å². The summed E-state index contributed by atoms with van der Waals surface area (Å²) in [6.45, 7) is 7.42. The summed E-state index contributed by atoms with van der Waals surface area (Å²) in [4.78, 5) is 9.30. The minimum Gasteiger partial charge on any atom is -0.370 e. The van der Waals surface area contributed by atoms with Crippen LogP contribution in [0.1, 0.15) is 63.9 Å². The molecule has 1 N–H and O–H groups in total. The fraction of sp³-hybridized carbons (Fsp3) is 0.600. The van der Waals surface area contributed by atoms with Crippen molar-refractivity contribution in [2.75, 3.05) is 11.9 Å². The predicted octanol–water partition coefficient (Wildman–Crippen LogP) is 3.99. The lowest BCUT2D eigenvalue weighted by molar-refractivity contribution is 0.769. The lowest BCUT2D eigenvalue weighted by Gasteiger charge is -2.11. The third kappa shape index (κ3) is 3.09. The van der Waals surface area contributed by atoms with Crippen molar-refractivity contribution in [2.24, 2.45) is 0 Å². The highest BCUT2D eigenvalue weighted by Gasteiger charge is 2.13. The third-order valence-corrected chi connectivity index (χ3v) is 3.19. The molecular weight excluding hydrogens is 222 g/mol. The van der Waals surface area contributed by atoms with E-state index in [2.05, 4.69) is 43.2 Å². The van der Waals surface area contributed by atoms with Gasteiger partial charge in [0.05, 0.1) is 5.69 Å². The molecule has 0 aromatic carbocycles. The van der Waals surface area contributed by atoms with Crippen molar-refractivity contribution < 1.29 is 0 Å². The van der Waals surface area contributed by atoms with Crippen LogP contribution in [0.5, 0.6) is 0 Å². The number of anilines is 1. The second-order valence-corrected chi connectivity index (χ2v) is 5.20. The Morgan fingerprint density at radius 3 is 2.78 bits per heavy atom. The Morgan fingerprint density at radius 1 is 1.33 bits per heavy atom. The van der Waals surface area contributed by atoms with Crippen LogP contribution >= 0.6 is 0 Å². The second-order valence-electron chi connectivity index (χ2n) is 5.20. The number of allylic oxidation sites excluding steroid dienone is 2. The van der Waals surface area contributed by atoms with Crippen molar-refractivity contribution in [1.82, 2.24) is 9.97 Å². The van der Waals surface area contributed by atoms with Crippen molar-refractivity contribution in [3.05, 3.63) is 23.7 Å². The molecule has 3 heteroatoms. The van der Waals surface area contributed by atoms with E-state index >= 15 is 0 Å². The number of rotatable bonds is 5. The maximum Gasteiger partial charge on any atom is 0.133 e. The smallest absolute Gasteiger partial charge is 0.133 e. The molecule has 1 aliphatic rings. The van der Waals surface area contributed by atoms with Crippen LogP contribution in [0.2, 0.25) is 0 Å². The van der Waals surface area contributed by atoms with Gasteiger partial charge in [-0.05, 0) is 31.3 Å². The van der Waals surface area contributed by atoms with Gasteiger partial charge in [-0.25, -0.2) is 9.97 Å². The first-order valence-electron chi connectivity index (χ1n) is 7.03. The Bertz CT molecular complexity index is 435. The lowest BCUT2D eigenvalue weighted by atomic mass is 10.1. The van der Waals surface area contributed by atoms with Gasteiger partial charge < -0.3 is 5.32 Å². The minimum absolute atomic E-state index is 0.370. The SMILES string of the molecule is CCCNc1cc(C2=CCCC2)nc(C(C)C)n1. The number of nitrogens with one attached hydrogen (secondary N) is 1. The Hall–Kier alpha value is -1.38. The summed E-state index contributed by atoms with van der Waals surface area (Å²) in [5, 5.41) is 3.38. The normalized spacial score (nSPS) is 15.0. The Morgan fingerprint density at radius 2 is 2.17 bits per heavy atom. The molecule has 98 valence electrons. The predicted molar refractivity (Wildman–Crippen MR) is 76.7 cm³/mol. The first kappa shape index (κ1) is 13.1. The molecule has 0 amide bonds. The zero-order chi connectivity index (χ0) is 13.0. The molecule has 0 radical (unpaired) electrons. The van der Waals surface area contributed by atoms with Gasteiger partial charge >= 0.3 is 0 Å². The highest BCUT2D eigenvalue weighted by atomic mass is 15.0. The molecule has 0 bridgehead atoms. The van der Waals surface area contributed by atoms with Gasteiger partial charge in [-0.2, -0.15) is 0 Å². The Balaban J connectivity index is 2.30. The van der Waals surface area contributed by atoms with Crippen LogP contribution in [0.4, 0.5) is 5.82 Å². The first-order valence-corrected chi connectivity index (χ1v) is 7.03. The highest BCUT2D eigenvalue weighted by molar-refractivity contribution is 5.66. The summed E-state index contributed by atoms with van der Waals surface area (Å²) in [6.07, 6.45) is 7.03. The van der Waals surface area contributed by atoms with Gasteiger partial charge in [0.25, 0.3) is 0 Å². The Kier molecular flexibility index (Phi) is 4.34. The molecule has 0 unspecified atom stereocenters.